The Morgan fingerprint density at radius 1 is 0.200 bits per heavy atom. The van der Waals surface area contributed by atoms with Crippen LogP contribution in [0.2, 0.25) is 0 Å². The summed E-state index contributed by atoms with van der Waals surface area (Å²) in [5.74, 6) is 0. The van der Waals surface area contributed by atoms with Gasteiger partial charge in [-0.05, 0) is 130 Å². The van der Waals surface area contributed by atoms with E-state index in [0.29, 0.717) is 0 Å². The number of aromatic nitrogens is 4. The first kappa shape index (κ1) is 47.6. The van der Waals surface area contributed by atoms with Crippen LogP contribution >= 0.6 is 0 Å². The second-order valence-corrected chi connectivity index (χ2v) is 19.9. The number of benzene rings is 10. The zero-order valence-corrected chi connectivity index (χ0v) is 43.7. The lowest BCUT2D eigenvalue weighted by Gasteiger charge is -2.26. The van der Waals surface area contributed by atoms with Crippen LogP contribution in [-0.2, 0) is 0 Å². The van der Waals surface area contributed by atoms with Crippen LogP contribution < -0.4 is 9.80 Å². The van der Waals surface area contributed by atoms with E-state index in [1.54, 1.807) is 0 Å². The van der Waals surface area contributed by atoms with Crippen LogP contribution in [0.25, 0.3) is 89.7 Å². The zero-order valence-electron chi connectivity index (χ0n) is 43.7. The van der Waals surface area contributed by atoms with Gasteiger partial charge in [0.15, 0.2) is 0 Å². The molecule has 0 N–H and O–H groups in total. The summed E-state index contributed by atoms with van der Waals surface area (Å²) >= 11 is 0. The van der Waals surface area contributed by atoms with Gasteiger partial charge in [-0.3, -0.25) is 8.80 Å². The lowest BCUT2D eigenvalue weighted by Crippen LogP contribution is -2.10. The van der Waals surface area contributed by atoms with Crippen LogP contribution in [0.4, 0.5) is 34.1 Å². The first-order chi connectivity index (χ1) is 39.7. The van der Waals surface area contributed by atoms with Crippen molar-refractivity contribution in [3.63, 3.8) is 0 Å². The van der Waals surface area contributed by atoms with E-state index in [4.69, 9.17) is 9.97 Å². The van der Waals surface area contributed by atoms with Gasteiger partial charge in [0.25, 0.3) is 0 Å². The van der Waals surface area contributed by atoms with E-state index in [1.165, 1.54) is 22.3 Å². The second kappa shape index (κ2) is 21.0. The van der Waals surface area contributed by atoms with Crippen molar-refractivity contribution in [1.29, 1.82) is 0 Å². The molecule has 0 saturated heterocycles. The maximum absolute atomic E-state index is 5.17. The van der Waals surface area contributed by atoms with Crippen LogP contribution in [0.15, 0.2) is 316 Å². The maximum atomic E-state index is 5.17. The van der Waals surface area contributed by atoms with Crippen molar-refractivity contribution in [2.45, 2.75) is 0 Å². The summed E-state index contributed by atoms with van der Waals surface area (Å²) in [6, 6.07) is 108. The number of anilines is 6. The molecule has 6 nitrogen and oxygen atoms in total. The minimum Gasteiger partial charge on any atom is -0.311 e. The third-order valence-corrected chi connectivity index (χ3v) is 15.0. The third kappa shape index (κ3) is 9.16. The lowest BCUT2D eigenvalue weighted by atomic mass is 10.00. The number of nitrogens with zero attached hydrogens (tertiary/aromatic N) is 6. The average Bonchev–Trinajstić information content (AvgIpc) is 4.14. The normalized spacial score (nSPS) is 11.2. The van der Waals surface area contributed by atoms with Gasteiger partial charge in [0.05, 0.1) is 22.8 Å². The number of rotatable bonds is 13. The molecule has 6 heteroatoms. The van der Waals surface area contributed by atoms with Gasteiger partial charge < -0.3 is 9.80 Å². The van der Waals surface area contributed by atoms with Gasteiger partial charge in [-0.25, -0.2) is 9.97 Å². The Morgan fingerprint density at radius 2 is 0.438 bits per heavy atom. The molecule has 4 aromatic heterocycles. The standard InChI is InChI=1S/C74H52N6/c1-5-17-53(18-6-1)55-27-31-59(32-28-55)71-73(77-51-15-13-25-69(77)75-71)61-39-47-67(48-40-61)79(63-21-9-3-10-22-63)65-43-35-57(36-44-65)58-37-45-66(46-38-58)80(64-23-11-4-12-24-64)68-49-41-62(42-50-68)74-72(76-70-26-14-16-52-78(70)74)60-33-29-56(30-34-60)54-19-7-2-8-20-54/h1-52H. The van der Waals surface area contributed by atoms with E-state index < -0.39 is 0 Å². The number of para-hydroxylation sites is 2. The molecule has 14 rings (SSSR count). The largest absolute Gasteiger partial charge is 0.311 e. The van der Waals surface area contributed by atoms with Crippen molar-refractivity contribution in [3.05, 3.63) is 316 Å². The quantitative estimate of drug-likeness (QED) is 0.115. The summed E-state index contributed by atoms with van der Waals surface area (Å²) in [5.41, 5.74) is 23.6. The molecule has 0 aliphatic rings. The smallest absolute Gasteiger partial charge is 0.137 e. The minimum atomic E-state index is 0.908. The van der Waals surface area contributed by atoms with Gasteiger partial charge in [-0.1, -0.05) is 206 Å². The third-order valence-electron chi connectivity index (χ3n) is 15.0. The van der Waals surface area contributed by atoms with Crippen LogP contribution in [0.3, 0.4) is 0 Å². The highest BCUT2D eigenvalue weighted by molar-refractivity contribution is 5.88. The summed E-state index contributed by atoms with van der Waals surface area (Å²) in [7, 11) is 0. The molecule has 0 atom stereocenters. The van der Waals surface area contributed by atoms with E-state index in [9.17, 15) is 0 Å². The Hall–Kier alpha value is -10.8. The van der Waals surface area contributed by atoms with E-state index in [2.05, 4.69) is 322 Å². The number of hydrogen-bond acceptors (Lipinski definition) is 4. The highest BCUT2D eigenvalue weighted by Crippen LogP contribution is 2.42. The Balaban J connectivity index is 0.745. The summed E-state index contributed by atoms with van der Waals surface area (Å²) < 4.78 is 4.39. The molecule has 4 heterocycles. The van der Waals surface area contributed by atoms with Gasteiger partial charge >= 0.3 is 0 Å². The highest BCUT2D eigenvalue weighted by atomic mass is 15.1. The molecular weight excluding hydrogens is 973 g/mol. The van der Waals surface area contributed by atoms with E-state index in [0.717, 1.165) is 102 Å². The predicted octanol–water partition coefficient (Wildman–Crippen LogP) is 19.6. The Morgan fingerprint density at radius 3 is 0.762 bits per heavy atom. The monoisotopic (exact) mass is 1020 g/mol. The Labute approximate surface area is 465 Å². The van der Waals surface area contributed by atoms with Crippen molar-refractivity contribution in [3.8, 4) is 78.4 Å². The lowest BCUT2D eigenvalue weighted by molar-refractivity contribution is 1.19. The zero-order chi connectivity index (χ0) is 53.2. The first-order valence-electron chi connectivity index (χ1n) is 27.0. The number of imidazole rings is 2. The van der Waals surface area contributed by atoms with Crippen molar-refractivity contribution < 1.29 is 0 Å². The highest BCUT2D eigenvalue weighted by Gasteiger charge is 2.21. The molecule has 0 spiro atoms. The van der Waals surface area contributed by atoms with Gasteiger partial charge in [-0.15, -0.1) is 0 Å². The van der Waals surface area contributed by atoms with Crippen LogP contribution in [-0.4, -0.2) is 18.8 Å². The van der Waals surface area contributed by atoms with E-state index in [1.807, 2.05) is 12.1 Å². The summed E-state index contributed by atoms with van der Waals surface area (Å²) in [4.78, 5) is 15.0. The molecule has 378 valence electrons. The van der Waals surface area contributed by atoms with Crippen molar-refractivity contribution in [1.82, 2.24) is 18.8 Å². The molecule has 0 bridgehead atoms. The van der Waals surface area contributed by atoms with Crippen LogP contribution in [0.5, 0.6) is 0 Å². The first-order valence-corrected chi connectivity index (χ1v) is 27.0. The molecule has 0 radical (unpaired) electrons. The molecule has 14 aromatic rings. The number of hydrogen-bond donors (Lipinski definition) is 0. The molecule has 0 aliphatic carbocycles. The minimum absolute atomic E-state index is 0.908. The van der Waals surface area contributed by atoms with E-state index in [-0.39, 0.29) is 0 Å². The van der Waals surface area contributed by atoms with E-state index >= 15 is 0 Å². The number of pyridine rings is 2. The van der Waals surface area contributed by atoms with Crippen molar-refractivity contribution in [2.24, 2.45) is 0 Å². The van der Waals surface area contributed by atoms with Crippen molar-refractivity contribution in [2.75, 3.05) is 9.80 Å². The molecule has 0 amide bonds. The fourth-order valence-electron chi connectivity index (χ4n) is 11.0. The van der Waals surface area contributed by atoms with Crippen LogP contribution in [0, 0.1) is 0 Å². The summed E-state index contributed by atoms with van der Waals surface area (Å²) in [5, 5.41) is 0. The summed E-state index contributed by atoms with van der Waals surface area (Å²) in [6.07, 6.45) is 4.20. The molecule has 0 aliphatic heterocycles. The van der Waals surface area contributed by atoms with Crippen molar-refractivity contribution >= 4 is 45.4 Å². The SMILES string of the molecule is c1ccc(-c2ccc(-c3nc4ccccn4c3-c3ccc(N(c4ccccc4)c4ccc(-c5ccc(N(c6ccccc6)c6ccc(-c7c(-c8ccc(-c9ccccc9)cc8)nc8ccccn78)cc6)cc5)cc4)cc3)cc2)cc1. The van der Waals surface area contributed by atoms with Gasteiger partial charge in [0.1, 0.15) is 11.3 Å². The predicted molar refractivity (Wildman–Crippen MR) is 331 cm³/mol. The van der Waals surface area contributed by atoms with Gasteiger partial charge in [0.2, 0.25) is 0 Å². The second-order valence-electron chi connectivity index (χ2n) is 19.9. The Kier molecular flexibility index (Phi) is 12.5. The molecule has 80 heavy (non-hydrogen) atoms. The molecule has 0 saturated carbocycles. The molecule has 0 fully saturated rings. The van der Waals surface area contributed by atoms with Gasteiger partial charge in [-0.2, -0.15) is 0 Å². The molecular formula is C74H52N6. The van der Waals surface area contributed by atoms with Gasteiger partial charge in [0, 0.05) is 68.8 Å². The van der Waals surface area contributed by atoms with Crippen LogP contribution in [0.1, 0.15) is 0 Å². The topological polar surface area (TPSA) is 41.1 Å². The fourth-order valence-corrected chi connectivity index (χ4v) is 11.0. The molecule has 10 aromatic carbocycles. The fraction of sp³-hybridized carbons (Fsp3) is 0. The maximum Gasteiger partial charge on any atom is 0.137 e. The average molecular weight is 1030 g/mol. The number of fused-ring (bicyclic) bond motifs is 2. The summed E-state index contributed by atoms with van der Waals surface area (Å²) in [6.45, 7) is 0. The molecule has 0 unspecified atom stereocenters. The Bertz CT molecular complexity index is 4100.